The number of hydrogen-bond acceptors (Lipinski definition) is 4. The van der Waals surface area contributed by atoms with Gasteiger partial charge in [0.05, 0.1) is 6.54 Å². The smallest absolute Gasteiger partial charge is 0.223 e. The Kier molecular flexibility index (Phi) is 4.87. The van der Waals surface area contributed by atoms with E-state index in [2.05, 4.69) is 34.5 Å². The molecule has 0 fully saturated rings. The Morgan fingerprint density at radius 1 is 1.35 bits per heavy atom. The number of benzene rings is 1. The van der Waals surface area contributed by atoms with Crippen LogP contribution in [0.1, 0.15) is 43.0 Å². The van der Waals surface area contributed by atoms with Crippen LogP contribution in [0, 0.1) is 6.92 Å². The van der Waals surface area contributed by atoms with Gasteiger partial charge in [-0.25, -0.2) is 0 Å². The molecule has 0 saturated heterocycles. The Balaban J connectivity index is 1.86. The predicted molar refractivity (Wildman–Crippen MR) is 75.0 cm³/mol. The highest BCUT2D eigenvalue weighted by atomic mass is 16.5. The zero-order valence-electron chi connectivity index (χ0n) is 11.8. The van der Waals surface area contributed by atoms with E-state index in [0.29, 0.717) is 24.7 Å². The lowest BCUT2D eigenvalue weighted by Crippen LogP contribution is -2.25. The van der Waals surface area contributed by atoms with Crippen molar-refractivity contribution < 1.29 is 9.32 Å². The Morgan fingerprint density at radius 2 is 2.10 bits per heavy atom. The molecule has 0 unspecified atom stereocenters. The number of carbonyl (C=O) groups excluding carboxylic acids is 1. The van der Waals surface area contributed by atoms with Gasteiger partial charge in [-0.3, -0.25) is 4.79 Å². The molecule has 2 rings (SSSR count). The Hall–Kier alpha value is -2.17. The number of rotatable bonds is 6. The van der Waals surface area contributed by atoms with Gasteiger partial charge < -0.3 is 9.84 Å². The summed E-state index contributed by atoms with van der Waals surface area (Å²) in [5.74, 6) is 1.25. The minimum absolute atomic E-state index is 0.00292. The van der Waals surface area contributed by atoms with Crippen LogP contribution in [0.25, 0.3) is 0 Å². The number of aryl methyl sites for hydroxylation is 1. The van der Waals surface area contributed by atoms with E-state index >= 15 is 0 Å². The lowest BCUT2D eigenvalue weighted by molar-refractivity contribution is -0.121. The molecular weight excluding hydrogens is 254 g/mol. The summed E-state index contributed by atoms with van der Waals surface area (Å²) in [6, 6.07) is 10.1. The summed E-state index contributed by atoms with van der Waals surface area (Å²) >= 11 is 0. The standard InChI is InChI=1S/C15H19N3O2/c1-3-12(13-7-5-4-6-8-13)9-15(19)16-10-14-17-11(2)20-18-14/h4-8,12H,3,9-10H2,1-2H3,(H,16,19)/t12-/m1/s1. The molecule has 0 aliphatic carbocycles. The molecule has 5 nitrogen and oxygen atoms in total. The van der Waals surface area contributed by atoms with Crippen LogP contribution < -0.4 is 5.32 Å². The lowest BCUT2D eigenvalue weighted by Gasteiger charge is -2.14. The SMILES string of the molecule is CC[C@H](CC(=O)NCc1noc(C)n1)c1ccccc1. The van der Waals surface area contributed by atoms with Crippen LogP contribution in [0.4, 0.5) is 0 Å². The van der Waals surface area contributed by atoms with Crippen molar-refractivity contribution in [1.82, 2.24) is 15.5 Å². The Labute approximate surface area is 118 Å². The number of hydrogen-bond donors (Lipinski definition) is 1. The molecule has 1 heterocycles. The number of carbonyl (C=O) groups is 1. The van der Waals surface area contributed by atoms with E-state index in [1.165, 1.54) is 5.56 Å². The molecule has 20 heavy (non-hydrogen) atoms. The summed E-state index contributed by atoms with van der Waals surface area (Å²) in [6.45, 7) is 4.12. The van der Waals surface area contributed by atoms with Crippen LogP contribution in [-0.2, 0) is 11.3 Å². The number of nitrogens with one attached hydrogen (secondary N) is 1. The fourth-order valence-electron chi connectivity index (χ4n) is 2.11. The molecule has 106 valence electrons. The van der Waals surface area contributed by atoms with Crippen LogP contribution >= 0.6 is 0 Å². The van der Waals surface area contributed by atoms with Gasteiger partial charge in [-0.1, -0.05) is 42.4 Å². The predicted octanol–water partition coefficient (Wildman–Crippen LogP) is 2.58. The summed E-state index contributed by atoms with van der Waals surface area (Å²) in [7, 11) is 0. The number of amides is 1. The highest BCUT2D eigenvalue weighted by Gasteiger charge is 2.14. The second-order valence-electron chi connectivity index (χ2n) is 4.73. The van der Waals surface area contributed by atoms with Gasteiger partial charge in [-0.05, 0) is 17.9 Å². The Morgan fingerprint density at radius 3 is 2.70 bits per heavy atom. The molecule has 1 aromatic carbocycles. The van der Waals surface area contributed by atoms with Crippen molar-refractivity contribution >= 4 is 5.91 Å². The van der Waals surface area contributed by atoms with E-state index < -0.39 is 0 Å². The maximum atomic E-state index is 12.0. The summed E-state index contributed by atoms with van der Waals surface area (Å²) in [5.41, 5.74) is 1.19. The molecule has 1 amide bonds. The fraction of sp³-hybridized carbons (Fsp3) is 0.400. The van der Waals surface area contributed by atoms with Crippen molar-refractivity contribution in [3.05, 3.63) is 47.6 Å². The molecule has 1 N–H and O–H groups in total. The molecule has 0 radical (unpaired) electrons. The number of aromatic nitrogens is 2. The van der Waals surface area contributed by atoms with Crippen LogP contribution in [-0.4, -0.2) is 16.0 Å². The largest absolute Gasteiger partial charge is 0.349 e. The van der Waals surface area contributed by atoms with Gasteiger partial charge in [0.15, 0.2) is 5.82 Å². The first-order chi connectivity index (χ1) is 9.69. The average molecular weight is 273 g/mol. The highest BCUT2D eigenvalue weighted by molar-refractivity contribution is 5.76. The monoisotopic (exact) mass is 273 g/mol. The van der Waals surface area contributed by atoms with Gasteiger partial charge in [-0.2, -0.15) is 4.98 Å². The third-order valence-electron chi connectivity index (χ3n) is 3.21. The lowest BCUT2D eigenvalue weighted by atomic mass is 9.93. The van der Waals surface area contributed by atoms with Crippen LogP contribution in [0.2, 0.25) is 0 Å². The summed E-state index contributed by atoms with van der Waals surface area (Å²) in [5, 5.41) is 6.57. The molecule has 1 aromatic heterocycles. The first-order valence-electron chi connectivity index (χ1n) is 6.80. The van der Waals surface area contributed by atoms with Crippen LogP contribution in [0.3, 0.4) is 0 Å². The first kappa shape index (κ1) is 14.2. The summed E-state index contributed by atoms with van der Waals surface area (Å²) < 4.78 is 4.86. The van der Waals surface area contributed by atoms with Gasteiger partial charge in [-0.15, -0.1) is 0 Å². The van der Waals surface area contributed by atoms with E-state index in [1.807, 2.05) is 18.2 Å². The van der Waals surface area contributed by atoms with Crippen molar-refractivity contribution in [2.24, 2.45) is 0 Å². The molecule has 0 aliphatic heterocycles. The third kappa shape index (κ3) is 3.91. The van der Waals surface area contributed by atoms with E-state index in [4.69, 9.17) is 4.52 Å². The molecule has 0 aliphatic rings. The summed E-state index contributed by atoms with van der Waals surface area (Å²) in [6.07, 6.45) is 1.40. The zero-order chi connectivity index (χ0) is 14.4. The summed E-state index contributed by atoms with van der Waals surface area (Å²) in [4.78, 5) is 16.0. The molecule has 0 spiro atoms. The minimum Gasteiger partial charge on any atom is -0.349 e. The number of nitrogens with zero attached hydrogens (tertiary/aromatic N) is 2. The van der Waals surface area contributed by atoms with Gasteiger partial charge in [0.1, 0.15) is 0 Å². The van der Waals surface area contributed by atoms with Crippen LogP contribution in [0.5, 0.6) is 0 Å². The fourth-order valence-corrected chi connectivity index (χ4v) is 2.11. The van der Waals surface area contributed by atoms with E-state index in [0.717, 1.165) is 6.42 Å². The van der Waals surface area contributed by atoms with Crippen molar-refractivity contribution in [1.29, 1.82) is 0 Å². The third-order valence-corrected chi connectivity index (χ3v) is 3.21. The zero-order valence-corrected chi connectivity index (χ0v) is 11.8. The topological polar surface area (TPSA) is 68.0 Å². The van der Waals surface area contributed by atoms with Crippen molar-refractivity contribution in [2.75, 3.05) is 0 Å². The van der Waals surface area contributed by atoms with E-state index in [-0.39, 0.29) is 11.8 Å². The van der Waals surface area contributed by atoms with E-state index in [1.54, 1.807) is 6.92 Å². The first-order valence-corrected chi connectivity index (χ1v) is 6.80. The van der Waals surface area contributed by atoms with Crippen molar-refractivity contribution in [3.8, 4) is 0 Å². The molecular formula is C15H19N3O2. The molecule has 1 atom stereocenters. The van der Waals surface area contributed by atoms with Gasteiger partial charge in [0.25, 0.3) is 0 Å². The second-order valence-corrected chi connectivity index (χ2v) is 4.73. The molecule has 0 bridgehead atoms. The van der Waals surface area contributed by atoms with Crippen molar-refractivity contribution in [2.45, 2.75) is 39.2 Å². The van der Waals surface area contributed by atoms with Crippen molar-refractivity contribution in [3.63, 3.8) is 0 Å². The highest BCUT2D eigenvalue weighted by Crippen LogP contribution is 2.22. The molecule has 2 aromatic rings. The van der Waals surface area contributed by atoms with Gasteiger partial charge >= 0.3 is 0 Å². The molecule has 5 heteroatoms. The minimum atomic E-state index is 0.00292. The van der Waals surface area contributed by atoms with Gasteiger partial charge in [0, 0.05) is 13.3 Å². The normalized spacial score (nSPS) is 12.1. The van der Waals surface area contributed by atoms with Crippen LogP contribution in [0.15, 0.2) is 34.9 Å². The maximum Gasteiger partial charge on any atom is 0.223 e. The quantitative estimate of drug-likeness (QED) is 0.878. The van der Waals surface area contributed by atoms with Gasteiger partial charge in [0.2, 0.25) is 11.8 Å². The molecule has 0 saturated carbocycles. The maximum absolute atomic E-state index is 12.0. The second kappa shape index (κ2) is 6.84. The average Bonchev–Trinajstić information content (AvgIpc) is 2.89. The Bertz CT molecular complexity index is 551. The van der Waals surface area contributed by atoms with E-state index in [9.17, 15) is 4.79 Å².